The normalized spacial score (nSPS) is 10.8. The van der Waals surface area contributed by atoms with Crippen LogP contribution in [0.2, 0.25) is 19.6 Å². The van der Waals surface area contributed by atoms with Gasteiger partial charge < -0.3 is 5.73 Å². The minimum absolute atomic E-state index is 0.842. The van der Waals surface area contributed by atoms with Crippen molar-refractivity contribution in [3.63, 3.8) is 0 Å². The van der Waals surface area contributed by atoms with Crippen LogP contribution >= 0.6 is 11.8 Å². The van der Waals surface area contributed by atoms with Crippen LogP contribution in [0.25, 0.3) is 0 Å². The number of anilines is 1. The van der Waals surface area contributed by atoms with E-state index >= 15 is 0 Å². The Morgan fingerprint density at radius 3 is 2.50 bits per heavy atom. The minimum atomic E-state index is -1.29. The highest BCUT2D eigenvalue weighted by Gasteiger charge is 2.07. The average Bonchev–Trinajstić information content (AvgIpc) is 2.18. The quantitative estimate of drug-likeness (QED) is 0.375. The maximum absolute atomic E-state index is 5.97. The van der Waals surface area contributed by atoms with Crippen molar-refractivity contribution in [2.24, 2.45) is 0 Å². The zero-order valence-corrected chi connectivity index (χ0v) is 12.2. The van der Waals surface area contributed by atoms with Gasteiger partial charge in [0.15, 0.2) is 0 Å². The second-order valence-electron chi connectivity index (χ2n) is 4.69. The monoisotopic (exact) mass is 249 g/mol. The molecular formula is C13H19NSSi. The first-order chi connectivity index (χ1) is 7.42. The van der Waals surface area contributed by atoms with E-state index in [0.717, 1.165) is 21.9 Å². The van der Waals surface area contributed by atoms with Gasteiger partial charge in [-0.3, -0.25) is 0 Å². The lowest BCUT2D eigenvalue weighted by molar-refractivity contribution is 1.42. The van der Waals surface area contributed by atoms with Crippen molar-refractivity contribution in [3.8, 4) is 11.5 Å². The predicted octanol–water partition coefficient (Wildman–Crippen LogP) is 3.61. The lowest BCUT2D eigenvalue weighted by Gasteiger charge is -2.05. The fourth-order valence-corrected chi connectivity index (χ4v) is 2.39. The lowest BCUT2D eigenvalue weighted by Crippen LogP contribution is -2.16. The Balaban J connectivity index is 2.92. The van der Waals surface area contributed by atoms with E-state index in [-0.39, 0.29) is 0 Å². The van der Waals surface area contributed by atoms with E-state index in [1.807, 2.05) is 6.07 Å². The van der Waals surface area contributed by atoms with Crippen LogP contribution in [0.3, 0.4) is 0 Å². The molecule has 0 aliphatic heterocycles. The molecule has 0 saturated carbocycles. The maximum atomic E-state index is 5.97. The van der Waals surface area contributed by atoms with Crippen molar-refractivity contribution < 1.29 is 0 Å². The van der Waals surface area contributed by atoms with Crippen molar-refractivity contribution in [2.45, 2.75) is 31.5 Å². The van der Waals surface area contributed by atoms with E-state index in [2.05, 4.69) is 50.2 Å². The number of nitrogen functional groups attached to an aromatic ring is 1. The fourth-order valence-electron chi connectivity index (χ4n) is 1.17. The highest BCUT2D eigenvalue weighted by molar-refractivity contribution is 7.99. The first-order valence-electron chi connectivity index (χ1n) is 5.48. The summed E-state index contributed by atoms with van der Waals surface area (Å²) < 4.78 is 0. The third-order valence-corrected chi connectivity index (χ3v) is 3.74. The molecule has 0 spiro atoms. The van der Waals surface area contributed by atoms with Gasteiger partial charge in [-0.2, -0.15) is 0 Å². The molecule has 1 aromatic carbocycles. The smallest absolute Gasteiger partial charge is 0.129 e. The van der Waals surface area contributed by atoms with Crippen LogP contribution < -0.4 is 5.73 Å². The van der Waals surface area contributed by atoms with Gasteiger partial charge in [-0.25, -0.2) is 0 Å². The number of thioether (sulfide) groups is 1. The lowest BCUT2D eigenvalue weighted by atomic mass is 10.2. The van der Waals surface area contributed by atoms with Gasteiger partial charge in [-0.15, -0.1) is 17.3 Å². The van der Waals surface area contributed by atoms with Crippen LogP contribution in [0.5, 0.6) is 0 Å². The minimum Gasteiger partial charge on any atom is -0.398 e. The zero-order chi connectivity index (χ0) is 12.2. The van der Waals surface area contributed by atoms with E-state index in [1.54, 1.807) is 11.8 Å². The number of hydrogen-bond donors (Lipinski definition) is 1. The molecule has 1 rings (SSSR count). The molecule has 0 saturated heterocycles. The molecule has 0 amide bonds. The average molecular weight is 249 g/mol. The Labute approximate surface area is 104 Å². The molecule has 0 radical (unpaired) electrons. The standard InChI is InChI=1S/C13H19NSSi/c1-5-15-13-7-6-11(10-12(13)14)8-9-16(2,3)4/h6-7,10H,5,14H2,1-4H3. The Kier molecular flexibility index (Phi) is 4.52. The topological polar surface area (TPSA) is 26.0 Å². The number of rotatable bonds is 2. The van der Waals surface area contributed by atoms with Crippen LogP contribution in [0.15, 0.2) is 23.1 Å². The second-order valence-corrected chi connectivity index (χ2v) is 10.7. The number of nitrogens with two attached hydrogens (primary N) is 1. The van der Waals surface area contributed by atoms with Crippen LogP contribution in [-0.2, 0) is 0 Å². The molecule has 0 atom stereocenters. The van der Waals surface area contributed by atoms with Crippen LogP contribution in [0.4, 0.5) is 5.69 Å². The summed E-state index contributed by atoms with van der Waals surface area (Å²) in [6.07, 6.45) is 0. The molecule has 0 aliphatic rings. The molecule has 1 nitrogen and oxygen atoms in total. The Morgan fingerprint density at radius 1 is 1.31 bits per heavy atom. The van der Waals surface area contributed by atoms with E-state index < -0.39 is 8.07 Å². The summed E-state index contributed by atoms with van der Waals surface area (Å²) in [5.74, 6) is 4.26. The summed E-state index contributed by atoms with van der Waals surface area (Å²) in [6, 6.07) is 6.10. The van der Waals surface area contributed by atoms with Crippen molar-refractivity contribution in [1.29, 1.82) is 0 Å². The van der Waals surface area contributed by atoms with Gasteiger partial charge >= 0.3 is 0 Å². The van der Waals surface area contributed by atoms with Gasteiger partial charge in [0.25, 0.3) is 0 Å². The predicted molar refractivity (Wildman–Crippen MR) is 77.5 cm³/mol. The fraction of sp³-hybridized carbons (Fsp3) is 0.385. The Hall–Kier alpha value is -0.853. The van der Waals surface area contributed by atoms with E-state index in [4.69, 9.17) is 5.73 Å². The molecule has 0 aromatic heterocycles. The highest BCUT2D eigenvalue weighted by atomic mass is 32.2. The highest BCUT2D eigenvalue weighted by Crippen LogP contribution is 2.25. The van der Waals surface area contributed by atoms with Gasteiger partial charge in [0, 0.05) is 16.1 Å². The molecule has 3 heteroatoms. The molecule has 0 aliphatic carbocycles. The first kappa shape index (κ1) is 13.2. The molecule has 1 aromatic rings. The molecule has 2 N–H and O–H groups in total. The van der Waals surface area contributed by atoms with Gasteiger partial charge in [0.1, 0.15) is 8.07 Å². The summed E-state index contributed by atoms with van der Waals surface area (Å²) in [7, 11) is -1.29. The Morgan fingerprint density at radius 2 is 2.00 bits per heavy atom. The molecule has 0 bridgehead atoms. The van der Waals surface area contributed by atoms with E-state index in [9.17, 15) is 0 Å². The molecule has 86 valence electrons. The van der Waals surface area contributed by atoms with Crippen molar-refractivity contribution >= 4 is 25.5 Å². The summed E-state index contributed by atoms with van der Waals surface area (Å²) in [5, 5.41) is 0. The molecule has 0 unspecified atom stereocenters. The van der Waals surface area contributed by atoms with Crippen molar-refractivity contribution in [1.82, 2.24) is 0 Å². The largest absolute Gasteiger partial charge is 0.398 e. The zero-order valence-electron chi connectivity index (χ0n) is 10.4. The van der Waals surface area contributed by atoms with Crippen LogP contribution in [0.1, 0.15) is 12.5 Å². The third-order valence-electron chi connectivity index (χ3n) is 1.89. The van der Waals surface area contributed by atoms with Gasteiger partial charge in [-0.1, -0.05) is 32.5 Å². The summed E-state index contributed by atoms with van der Waals surface area (Å²) in [5.41, 5.74) is 11.2. The van der Waals surface area contributed by atoms with Crippen LogP contribution in [0, 0.1) is 11.5 Å². The Bertz CT molecular complexity index is 424. The molecule has 0 fully saturated rings. The SMILES string of the molecule is CCSc1ccc(C#C[Si](C)(C)C)cc1N. The van der Waals surface area contributed by atoms with Gasteiger partial charge in [-0.05, 0) is 24.0 Å². The van der Waals surface area contributed by atoms with E-state index in [1.165, 1.54) is 0 Å². The summed E-state index contributed by atoms with van der Waals surface area (Å²) in [6.45, 7) is 8.85. The number of benzene rings is 1. The molecule has 16 heavy (non-hydrogen) atoms. The summed E-state index contributed by atoms with van der Waals surface area (Å²) >= 11 is 1.77. The molecule has 0 heterocycles. The number of hydrogen-bond acceptors (Lipinski definition) is 2. The second kappa shape index (κ2) is 5.47. The van der Waals surface area contributed by atoms with Crippen molar-refractivity contribution in [2.75, 3.05) is 11.5 Å². The van der Waals surface area contributed by atoms with Gasteiger partial charge in [0.2, 0.25) is 0 Å². The van der Waals surface area contributed by atoms with Gasteiger partial charge in [0.05, 0.1) is 0 Å². The third kappa shape index (κ3) is 4.34. The molecular weight excluding hydrogens is 230 g/mol. The summed E-state index contributed by atoms with van der Waals surface area (Å²) in [4.78, 5) is 1.15. The van der Waals surface area contributed by atoms with E-state index in [0.29, 0.717) is 0 Å². The first-order valence-corrected chi connectivity index (χ1v) is 9.96. The van der Waals surface area contributed by atoms with Crippen LogP contribution in [-0.4, -0.2) is 13.8 Å². The van der Waals surface area contributed by atoms with Crippen molar-refractivity contribution in [3.05, 3.63) is 23.8 Å². The maximum Gasteiger partial charge on any atom is 0.129 e.